The summed E-state index contributed by atoms with van der Waals surface area (Å²) in [5.41, 5.74) is 4.64. The first-order valence-corrected chi connectivity index (χ1v) is 12.3. The number of carbonyl (C=O) groups excluding carboxylic acids is 2. The van der Waals surface area contributed by atoms with Gasteiger partial charge in [0.25, 0.3) is 0 Å². The molecule has 0 saturated heterocycles. The number of nitrogens with zero attached hydrogens (tertiary/aromatic N) is 2. The second kappa shape index (κ2) is 10.4. The number of esters is 1. The van der Waals surface area contributed by atoms with Crippen molar-refractivity contribution < 1.29 is 19.1 Å². The first-order chi connectivity index (χ1) is 16.8. The van der Waals surface area contributed by atoms with Crippen molar-refractivity contribution in [1.82, 2.24) is 4.90 Å². The van der Waals surface area contributed by atoms with Crippen molar-refractivity contribution >= 4 is 34.5 Å². The van der Waals surface area contributed by atoms with E-state index in [-0.39, 0.29) is 12.3 Å². The summed E-state index contributed by atoms with van der Waals surface area (Å²) >= 11 is 1.45. The summed E-state index contributed by atoms with van der Waals surface area (Å²) in [6.07, 6.45) is 0.122. The predicted molar refractivity (Wildman–Crippen MR) is 139 cm³/mol. The minimum Gasteiger partial charge on any atom is -0.497 e. The number of nitrogens with one attached hydrogen (secondary N) is 1. The van der Waals surface area contributed by atoms with Crippen molar-refractivity contribution in [3.8, 4) is 5.75 Å². The molecule has 0 bridgehead atoms. The van der Waals surface area contributed by atoms with Gasteiger partial charge >= 0.3 is 5.97 Å². The number of amidine groups is 1. The largest absolute Gasteiger partial charge is 0.497 e. The fourth-order valence-electron chi connectivity index (χ4n) is 4.19. The van der Waals surface area contributed by atoms with Gasteiger partial charge in [-0.1, -0.05) is 55.9 Å². The van der Waals surface area contributed by atoms with Gasteiger partial charge in [0.05, 0.1) is 38.0 Å². The third-order valence-electron chi connectivity index (χ3n) is 6.02. The molecule has 0 spiro atoms. The molecule has 2 aromatic carbocycles. The molecule has 0 radical (unpaired) electrons. The Hall–Kier alpha value is -3.52. The molecule has 0 aromatic heterocycles. The number of methoxy groups -OCH3 is 2. The molecule has 182 valence electrons. The van der Waals surface area contributed by atoms with E-state index in [0.717, 1.165) is 16.4 Å². The minimum atomic E-state index is -0.443. The van der Waals surface area contributed by atoms with Gasteiger partial charge in [-0.2, -0.15) is 0 Å². The van der Waals surface area contributed by atoms with Gasteiger partial charge in [0, 0.05) is 17.5 Å². The summed E-state index contributed by atoms with van der Waals surface area (Å²) in [4.78, 5) is 32.5. The molecule has 2 heterocycles. The van der Waals surface area contributed by atoms with E-state index in [4.69, 9.17) is 9.47 Å². The summed E-state index contributed by atoms with van der Waals surface area (Å²) in [6.45, 7) is 6.10. The predicted octanol–water partition coefficient (Wildman–Crippen LogP) is 5.60. The summed E-state index contributed by atoms with van der Waals surface area (Å²) in [5, 5.41) is 5.59. The lowest BCUT2D eigenvalue weighted by Gasteiger charge is -2.36. The van der Waals surface area contributed by atoms with Crippen molar-refractivity contribution in [2.45, 2.75) is 39.2 Å². The highest BCUT2D eigenvalue weighted by molar-refractivity contribution is 8.16. The van der Waals surface area contributed by atoms with Crippen LogP contribution in [0.3, 0.4) is 0 Å². The maximum absolute atomic E-state index is 13.0. The van der Waals surface area contributed by atoms with Crippen LogP contribution in [0.25, 0.3) is 0 Å². The molecule has 2 aliphatic heterocycles. The number of rotatable bonds is 7. The van der Waals surface area contributed by atoms with Gasteiger partial charge in [-0.25, -0.2) is 9.79 Å². The van der Waals surface area contributed by atoms with Crippen LogP contribution in [0.1, 0.15) is 50.3 Å². The molecule has 1 unspecified atom stereocenters. The average molecular weight is 492 g/mol. The third kappa shape index (κ3) is 5.12. The second-order valence-corrected chi connectivity index (χ2v) is 9.50. The molecule has 7 nitrogen and oxygen atoms in total. The van der Waals surface area contributed by atoms with E-state index < -0.39 is 12.0 Å². The number of hydrogen-bond donors (Lipinski definition) is 1. The first kappa shape index (κ1) is 24.6. The molecular formula is C27H29N3O4S. The summed E-state index contributed by atoms with van der Waals surface area (Å²) in [7, 11) is 2.96. The molecule has 35 heavy (non-hydrogen) atoms. The molecule has 0 fully saturated rings. The van der Waals surface area contributed by atoms with Crippen LogP contribution in [-0.2, 0) is 14.3 Å². The molecule has 4 rings (SSSR count). The Morgan fingerprint density at radius 3 is 2.54 bits per heavy atom. The number of ether oxygens (including phenoxy) is 2. The number of carbonyl (C=O) groups is 2. The molecule has 2 aromatic rings. The lowest BCUT2D eigenvalue weighted by Crippen LogP contribution is -2.37. The van der Waals surface area contributed by atoms with E-state index in [1.54, 1.807) is 13.2 Å². The number of allylic oxidation sites excluding steroid dienone is 1. The monoisotopic (exact) mass is 491 g/mol. The topological polar surface area (TPSA) is 80.2 Å². The lowest BCUT2D eigenvalue weighted by molar-refractivity contribution is -0.136. The SMILES string of the molecule is COC(=O)C1=C(C)N=C2SC=C(CC(=O)Nc3cccc(OC)c3)N2C1c1ccc(C(C)C)cc1. The number of hydrogen-bond acceptors (Lipinski definition) is 7. The first-order valence-electron chi connectivity index (χ1n) is 11.4. The number of aliphatic imine (C=N–C) groups is 1. The van der Waals surface area contributed by atoms with Crippen LogP contribution in [0.2, 0.25) is 0 Å². The molecule has 1 N–H and O–H groups in total. The van der Waals surface area contributed by atoms with Gasteiger partial charge < -0.3 is 19.7 Å². The fourth-order valence-corrected chi connectivity index (χ4v) is 5.15. The maximum Gasteiger partial charge on any atom is 0.338 e. The Morgan fingerprint density at radius 2 is 1.89 bits per heavy atom. The smallest absolute Gasteiger partial charge is 0.338 e. The highest BCUT2D eigenvalue weighted by Gasteiger charge is 2.41. The molecule has 0 aliphatic carbocycles. The van der Waals surface area contributed by atoms with Gasteiger partial charge in [0.1, 0.15) is 5.75 Å². The molecule has 1 amide bonds. The highest BCUT2D eigenvalue weighted by atomic mass is 32.2. The Kier molecular flexibility index (Phi) is 7.31. The second-order valence-electron chi connectivity index (χ2n) is 8.66. The van der Waals surface area contributed by atoms with Crippen molar-refractivity contribution in [2.24, 2.45) is 4.99 Å². The van der Waals surface area contributed by atoms with Crippen LogP contribution in [-0.4, -0.2) is 36.2 Å². The van der Waals surface area contributed by atoms with Crippen molar-refractivity contribution in [2.75, 3.05) is 19.5 Å². The average Bonchev–Trinajstić information content (AvgIpc) is 3.24. The van der Waals surface area contributed by atoms with Crippen LogP contribution in [0, 0.1) is 0 Å². The Bertz CT molecular complexity index is 1230. The Morgan fingerprint density at radius 1 is 1.14 bits per heavy atom. The molecule has 8 heteroatoms. The van der Waals surface area contributed by atoms with Gasteiger partial charge in [-0.05, 0) is 41.5 Å². The van der Waals surface area contributed by atoms with Crippen molar-refractivity contribution in [1.29, 1.82) is 0 Å². The van der Waals surface area contributed by atoms with Crippen molar-refractivity contribution in [3.63, 3.8) is 0 Å². The van der Waals surface area contributed by atoms with Crippen LogP contribution in [0.4, 0.5) is 5.69 Å². The number of fused-ring (bicyclic) bond motifs is 1. The van der Waals surface area contributed by atoms with E-state index in [1.807, 2.05) is 47.6 Å². The molecule has 1 atom stereocenters. The van der Waals surface area contributed by atoms with Gasteiger partial charge in [0.2, 0.25) is 5.91 Å². The Balaban J connectivity index is 1.65. The standard InChI is InChI=1S/C27H29N3O4S/c1-16(2)18-9-11-19(12-10-18)25-24(26(32)34-5)17(3)28-27-30(25)21(15-35-27)14-23(31)29-20-7-6-8-22(13-20)33-4/h6-13,15-16,25H,14H2,1-5H3,(H,29,31). The van der Waals surface area contributed by atoms with E-state index >= 15 is 0 Å². The van der Waals surface area contributed by atoms with Crippen LogP contribution < -0.4 is 10.1 Å². The number of anilines is 1. The normalized spacial score (nSPS) is 17.1. The summed E-state index contributed by atoms with van der Waals surface area (Å²) in [6, 6.07) is 15.0. The van der Waals surface area contributed by atoms with Gasteiger partial charge in [0.15, 0.2) is 5.17 Å². The van der Waals surface area contributed by atoms with Gasteiger partial charge in [-0.3, -0.25) is 4.79 Å². The number of amides is 1. The minimum absolute atomic E-state index is 0.122. The maximum atomic E-state index is 13.0. The van der Waals surface area contributed by atoms with Crippen LogP contribution >= 0.6 is 11.8 Å². The van der Waals surface area contributed by atoms with Gasteiger partial charge in [-0.15, -0.1) is 0 Å². The molecule has 2 aliphatic rings. The fraction of sp³-hybridized carbons (Fsp3) is 0.296. The van der Waals surface area contributed by atoms with E-state index in [1.165, 1.54) is 24.4 Å². The van der Waals surface area contributed by atoms with E-state index in [9.17, 15) is 9.59 Å². The molecular weight excluding hydrogens is 462 g/mol. The Labute approximate surface area is 209 Å². The number of thioether (sulfide) groups is 1. The summed E-state index contributed by atoms with van der Waals surface area (Å²) in [5.74, 6) is 0.451. The highest BCUT2D eigenvalue weighted by Crippen LogP contribution is 2.45. The van der Waals surface area contributed by atoms with Crippen LogP contribution in [0.15, 0.2) is 75.9 Å². The van der Waals surface area contributed by atoms with E-state index in [2.05, 4.69) is 36.3 Å². The van der Waals surface area contributed by atoms with Crippen LogP contribution in [0.5, 0.6) is 5.75 Å². The lowest BCUT2D eigenvalue weighted by atomic mass is 9.92. The molecule has 0 saturated carbocycles. The van der Waals surface area contributed by atoms with E-state index in [0.29, 0.717) is 28.6 Å². The zero-order valence-electron chi connectivity index (χ0n) is 20.5. The summed E-state index contributed by atoms with van der Waals surface area (Å²) < 4.78 is 10.4. The zero-order valence-corrected chi connectivity index (χ0v) is 21.3. The zero-order chi connectivity index (χ0) is 25.1. The number of benzene rings is 2. The van der Waals surface area contributed by atoms with Crippen molar-refractivity contribution in [3.05, 3.63) is 82.0 Å². The third-order valence-corrected chi connectivity index (χ3v) is 6.91. The quantitative estimate of drug-likeness (QED) is 0.508.